The second-order valence-corrected chi connectivity index (χ2v) is 10.9. The number of hydrogen-bond donors (Lipinski definition) is 0. The Balaban J connectivity index is 1.73. The summed E-state index contributed by atoms with van der Waals surface area (Å²) in [7, 11) is -3.99. The van der Waals surface area contributed by atoms with Crippen LogP contribution < -0.4 is 4.90 Å². The summed E-state index contributed by atoms with van der Waals surface area (Å²) in [5.41, 5.74) is 0.445. The van der Waals surface area contributed by atoms with Gasteiger partial charge < -0.3 is 0 Å². The minimum atomic E-state index is -3.99. The summed E-state index contributed by atoms with van der Waals surface area (Å²) in [6.07, 6.45) is -0.192. The van der Waals surface area contributed by atoms with Gasteiger partial charge in [0, 0.05) is 15.0 Å². The van der Waals surface area contributed by atoms with E-state index in [0.29, 0.717) is 5.69 Å². The number of halogens is 1. The van der Waals surface area contributed by atoms with Crippen LogP contribution in [0.5, 0.6) is 0 Å². The van der Waals surface area contributed by atoms with Gasteiger partial charge in [-0.05, 0) is 70.4 Å². The predicted octanol–water partition coefficient (Wildman–Crippen LogP) is 3.88. The molecule has 1 unspecified atom stereocenters. The molecule has 0 saturated carbocycles. The van der Waals surface area contributed by atoms with Crippen LogP contribution >= 0.6 is 33.9 Å². The van der Waals surface area contributed by atoms with E-state index in [1.807, 2.05) is 17.5 Å². The van der Waals surface area contributed by atoms with E-state index >= 15 is 0 Å². The van der Waals surface area contributed by atoms with Gasteiger partial charge in [0.1, 0.15) is 6.04 Å². The lowest BCUT2D eigenvalue weighted by atomic mass is 10.2. The maximum absolute atomic E-state index is 13.4. The van der Waals surface area contributed by atoms with Crippen LogP contribution in [0.2, 0.25) is 0 Å². The fraction of sp³-hybridized carbons (Fsp3) is 0.143. The van der Waals surface area contributed by atoms with Crippen LogP contribution in [0.4, 0.5) is 5.69 Å². The molecule has 1 saturated heterocycles. The number of imide groups is 1. The van der Waals surface area contributed by atoms with Crippen molar-refractivity contribution in [1.29, 1.82) is 0 Å². The lowest BCUT2D eigenvalue weighted by Crippen LogP contribution is -2.44. The van der Waals surface area contributed by atoms with E-state index in [0.717, 1.165) is 17.7 Å². The average Bonchev–Trinajstić information content (AvgIpc) is 3.35. The molecule has 9 heteroatoms. The van der Waals surface area contributed by atoms with Gasteiger partial charge in [-0.3, -0.25) is 9.59 Å². The molecule has 0 N–H and O–H groups in total. The quantitative estimate of drug-likeness (QED) is 0.344. The van der Waals surface area contributed by atoms with Crippen molar-refractivity contribution >= 4 is 61.5 Å². The predicted molar refractivity (Wildman–Crippen MR) is 124 cm³/mol. The molecule has 1 aromatic heterocycles. The second kappa shape index (κ2) is 8.58. The van der Waals surface area contributed by atoms with E-state index in [2.05, 4.69) is 22.6 Å². The first-order valence-corrected chi connectivity index (χ1v) is 12.5. The highest BCUT2D eigenvalue weighted by Crippen LogP contribution is 2.31. The molecule has 6 nitrogen and oxygen atoms in total. The van der Waals surface area contributed by atoms with Crippen molar-refractivity contribution in [2.45, 2.75) is 23.9 Å². The number of hydrogen-bond acceptors (Lipinski definition) is 5. The first-order chi connectivity index (χ1) is 14.4. The molecular formula is C21H17IN2O4S2. The first-order valence-electron chi connectivity index (χ1n) is 9.09. The molecule has 30 heavy (non-hydrogen) atoms. The van der Waals surface area contributed by atoms with Crippen LogP contribution in [-0.4, -0.2) is 30.6 Å². The molecule has 0 bridgehead atoms. The molecule has 1 aliphatic heterocycles. The van der Waals surface area contributed by atoms with Gasteiger partial charge in [-0.2, -0.15) is 4.31 Å². The fourth-order valence-corrected chi connectivity index (χ4v) is 6.07. The molecule has 0 spiro atoms. The average molecular weight is 552 g/mol. The molecule has 2 aromatic carbocycles. The number of anilines is 1. The van der Waals surface area contributed by atoms with Crippen molar-refractivity contribution in [3.8, 4) is 0 Å². The maximum Gasteiger partial charge on any atom is 0.252 e. The number of thiophene rings is 1. The molecule has 1 aliphatic rings. The number of sulfonamides is 1. The number of amides is 2. The molecule has 2 amide bonds. The van der Waals surface area contributed by atoms with Gasteiger partial charge in [0.2, 0.25) is 15.9 Å². The van der Waals surface area contributed by atoms with E-state index in [4.69, 9.17) is 0 Å². The zero-order valence-electron chi connectivity index (χ0n) is 15.6. The summed E-state index contributed by atoms with van der Waals surface area (Å²) in [6, 6.07) is 17.5. The van der Waals surface area contributed by atoms with Crippen LogP contribution in [0.25, 0.3) is 0 Å². The summed E-state index contributed by atoms with van der Waals surface area (Å²) < 4.78 is 29.0. The van der Waals surface area contributed by atoms with E-state index < -0.39 is 27.9 Å². The molecule has 1 fully saturated rings. The Morgan fingerprint density at radius 2 is 1.70 bits per heavy atom. The van der Waals surface area contributed by atoms with Gasteiger partial charge in [-0.25, -0.2) is 13.3 Å². The second-order valence-electron chi connectivity index (χ2n) is 6.71. The van der Waals surface area contributed by atoms with E-state index in [1.165, 1.54) is 23.5 Å². The smallest absolute Gasteiger partial charge is 0.252 e. The van der Waals surface area contributed by atoms with Crippen molar-refractivity contribution in [3.63, 3.8) is 0 Å². The van der Waals surface area contributed by atoms with Gasteiger partial charge in [-0.15, -0.1) is 11.3 Å². The van der Waals surface area contributed by atoms with Crippen molar-refractivity contribution < 1.29 is 18.0 Å². The number of nitrogens with zero attached hydrogens (tertiary/aromatic N) is 2. The fourth-order valence-electron chi connectivity index (χ4n) is 3.35. The standard InChI is InChI=1S/C21H17IN2O4S2/c22-15-8-10-16(11-9-15)24-20(25)13-19(21(24)26)23(14-17-5-4-12-29-17)30(27,28)18-6-2-1-3-7-18/h1-12,19H,13-14H2. The van der Waals surface area contributed by atoms with Gasteiger partial charge in [-0.1, -0.05) is 24.3 Å². The molecule has 3 aromatic rings. The normalized spacial score (nSPS) is 17.1. The highest BCUT2D eigenvalue weighted by atomic mass is 127. The van der Waals surface area contributed by atoms with Crippen LogP contribution in [0.3, 0.4) is 0 Å². The minimum absolute atomic E-state index is 0.0269. The Bertz CT molecular complexity index is 1160. The van der Waals surface area contributed by atoms with Gasteiger partial charge in [0.15, 0.2) is 0 Å². The Morgan fingerprint density at radius 1 is 1.00 bits per heavy atom. The summed E-state index contributed by atoms with van der Waals surface area (Å²) in [4.78, 5) is 28.0. The maximum atomic E-state index is 13.4. The van der Waals surface area contributed by atoms with Crippen molar-refractivity contribution in [2.24, 2.45) is 0 Å². The molecule has 4 rings (SSSR count). The van der Waals surface area contributed by atoms with Gasteiger partial charge in [0.25, 0.3) is 5.91 Å². The number of carbonyl (C=O) groups is 2. The minimum Gasteiger partial charge on any atom is -0.274 e. The van der Waals surface area contributed by atoms with E-state index in [1.54, 1.807) is 42.5 Å². The third-order valence-corrected chi connectivity index (χ3v) is 8.25. The number of rotatable bonds is 6. The number of carbonyl (C=O) groups excluding carboxylic acids is 2. The largest absolute Gasteiger partial charge is 0.274 e. The van der Waals surface area contributed by atoms with Crippen molar-refractivity contribution in [2.75, 3.05) is 4.90 Å². The zero-order chi connectivity index (χ0) is 21.3. The Hall–Kier alpha value is -2.08. The monoisotopic (exact) mass is 552 g/mol. The molecule has 0 radical (unpaired) electrons. The highest BCUT2D eigenvalue weighted by Gasteiger charge is 2.47. The van der Waals surface area contributed by atoms with Crippen molar-refractivity contribution in [3.05, 3.63) is 80.6 Å². The molecule has 154 valence electrons. The molecule has 0 aliphatic carbocycles. The third-order valence-electron chi connectivity index (χ3n) is 4.80. The Morgan fingerprint density at radius 3 is 2.33 bits per heavy atom. The van der Waals surface area contributed by atoms with E-state index in [-0.39, 0.29) is 17.9 Å². The Labute approximate surface area is 192 Å². The molecule has 1 atom stereocenters. The Kier molecular flexibility index (Phi) is 6.05. The highest BCUT2D eigenvalue weighted by molar-refractivity contribution is 14.1. The van der Waals surface area contributed by atoms with Crippen LogP contribution in [0.15, 0.2) is 77.0 Å². The summed E-state index contributed by atoms with van der Waals surface area (Å²) in [5.74, 6) is -0.942. The third kappa shape index (κ3) is 4.07. The summed E-state index contributed by atoms with van der Waals surface area (Å²) >= 11 is 3.54. The zero-order valence-corrected chi connectivity index (χ0v) is 19.4. The summed E-state index contributed by atoms with van der Waals surface area (Å²) in [6.45, 7) is 0.0269. The van der Waals surface area contributed by atoms with Gasteiger partial charge in [0.05, 0.1) is 17.0 Å². The van der Waals surface area contributed by atoms with Crippen LogP contribution in [0, 0.1) is 3.57 Å². The summed E-state index contributed by atoms with van der Waals surface area (Å²) in [5, 5.41) is 1.85. The molecular weight excluding hydrogens is 535 g/mol. The van der Waals surface area contributed by atoms with Crippen molar-refractivity contribution in [1.82, 2.24) is 4.31 Å². The lowest BCUT2D eigenvalue weighted by molar-refractivity contribution is -0.122. The van der Waals surface area contributed by atoms with Crippen LogP contribution in [-0.2, 0) is 26.2 Å². The lowest BCUT2D eigenvalue weighted by Gasteiger charge is -2.26. The first kappa shape index (κ1) is 21.2. The number of benzene rings is 2. The SMILES string of the molecule is O=C1CC(N(Cc2cccs2)S(=O)(=O)c2ccccc2)C(=O)N1c1ccc(I)cc1. The van der Waals surface area contributed by atoms with Crippen LogP contribution in [0.1, 0.15) is 11.3 Å². The van der Waals surface area contributed by atoms with Gasteiger partial charge >= 0.3 is 0 Å². The molecule has 2 heterocycles. The topological polar surface area (TPSA) is 74.8 Å². The van der Waals surface area contributed by atoms with E-state index in [9.17, 15) is 18.0 Å².